The van der Waals surface area contributed by atoms with Crippen molar-refractivity contribution in [2.24, 2.45) is 0 Å². The Morgan fingerprint density at radius 1 is 0.579 bits per heavy atom. The zero-order chi connectivity index (χ0) is 12.9. The molecular formula is C18H13S. The van der Waals surface area contributed by atoms with Gasteiger partial charge in [0, 0.05) is 9.79 Å². The lowest BCUT2D eigenvalue weighted by Gasteiger charge is -2.04. The first kappa shape index (κ1) is 12.1. The molecule has 0 spiro atoms. The number of hydrogen-bond donors (Lipinski definition) is 0. The number of hydrogen-bond acceptors (Lipinski definition) is 1. The fourth-order valence-corrected chi connectivity index (χ4v) is 2.76. The summed E-state index contributed by atoms with van der Waals surface area (Å²) in [4.78, 5) is 2.53. The molecule has 0 saturated carbocycles. The van der Waals surface area contributed by atoms with Crippen LogP contribution in [-0.4, -0.2) is 0 Å². The van der Waals surface area contributed by atoms with Gasteiger partial charge >= 0.3 is 0 Å². The van der Waals surface area contributed by atoms with E-state index in [2.05, 4.69) is 66.7 Å². The molecule has 0 aromatic heterocycles. The van der Waals surface area contributed by atoms with Gasteiger partial charge in [-0.15, -0.1) is 0 Å². The van der Waals surface area contributed by atoms with Gasteiger partial charge in [0.1, 0.15) is 0 Å². The van der Waals surface area contributed by atoms with Gasteiger partial charge in [-0.25, -0.2) is 0 Å². The molecule has 19 heavy (non-hydrogen) atoms. The Morgan fingerprint density at radius 2 is 1.16 bits per heavy atom. The third-order valence-electron chi connectivity index (χ3n) is 2.88. The first-order valence-electron chi connectivity index (χ1n) is 6.21. The quantitative estimate of drug-likeness (QED) is 0.616. The molecule has 0 fully saturated rings. The highest BCUT2D eigenvalue weighted by atomic mass is 32.2. The largest absolute Gasteiger partial charge is 0.0901 e. The zero-order valence-corrected chi connectivity index (χ0v) is 11.2. The number of rotatable bonds is 3. The maximum atomic E-state index is 3.04. The molecule has 0 nitrogen and oxygen atoms in total. The summed E-state index contributed by atoms with van der Waals surface area (Å²) in [5, 5.41) is 0. The second-order valence-corrected chi connectivity index (χ2v) is 5.38. The van der Waals surface area contributed by atoms with Crippen LogP contribution in [0.15, 0.2) is 88.7 Å². The molecule has 0 atom stereocenters. The normalized spacial score (nSPS) is 10.3. The first-order chi connectivity index (χ1) is 9.42. The minimum absolute atomic E-state index is 1.23. The highest BCUT2D eigenvalue weighted by Gasteiger charge is 1.99. The Morgan fingerprint density at radius 3 is 1.84 bits per heavy atom. The van der Waals surface area contributed by atoms with Gasteiger partial charge in [0.15, 0.2) is 0 Å². The lowest BCUT2D eigenvalue weighted by molar-refractivity contribution is 1.41. The molecule has 0 unspecified atom stereocenters. The second-order valence-electron chi connectivity index (χ2n) is 4.23. The van der Waals surface area contributed by atoms with E-state index < -0.39 is 0 Å². The molecule has 3 aromatic carbocycles. The van der Waals surface area contributed by atoms with Crippen molar-refractivity contribution in [2.75, 3.05) is 0 Å². The van der Waals surface area contributed by atoms with Crippen LogP contribution >= 0.6 is 11.8 Å². The van der Waals surface area contributed by atoms with Crippen LogP contribution < -0.4 is 0 Å². The van der Waals surface area contributed by atoms with Gasteiger partial charge in [-0.2, -0.15) is 0 Å². The lowest BCUT2D eigenvalue weighted by atomic mass is 10.1. The topological polar surface area (TPSA) is 0 Å². The van der Waals surface area contributed by atoms with Crippen LogP contribution in [0.2, 0.25) is 0 Å². The Kier molecular flexibility index (Phi) is 3.66. The first-order valence-corrected chi connectivity index (χ1v) is 7.03. The average molecular weight is 261 g/mol. The van der Waals surface area contributed by atoms with Gasteiger partial charge in [0.2, 0.25) is 0 Å². The van der Waals surface area contributed by atoms with E-state index in [0.29, 0.717) is 0 Å². The van der Waals surface area contributed by atoms with E-state index in [1.54, 1.807) is 11.8 Å². The Hall–Kier alpha value is -1.99. The molecule has 3 rings (SSSR count). The van der Waals surface area contributed by atoms with Crippen molar-refractivity contribution >= 4 is 11.8 Å². The minimum Gasteiger partial charge on any atom is -0.0901 e. The van der Waals surface area contributed by atoms with E-state index in [9.17, 15) is 0 Å². The third-order valence-corrected chi connectivity index (χ3v) is 3.90. The summed E-state index contributed by atoms with van der Waals surface area (Å²) in [6.07, 6.45) is 0. The summed E-state index contributed by atoms with van der Waals surface area (Å²) in [5.74, 6) is 0. The molecule has 0 amide bonds. The second kappa shape index (κ2) is 5.77. The summed E-state index contributed by atoms with van der Waals surface area (Å²) in [6.45, 7) is 0. The number of benzene rings is 3. The third kappa shape index (κ3) is 3.07. The molecule has 0 N–H and O–H groups in total. The summed E-state index contributed by atoms with van der Waals surface area (Å²) >= 11 is 1.79. The Balaban J connectivity index is 1.80. The summed E-state index contributed by atoms with van der Waals surface area (Å²) in [7, 11) is 0. The summed E-state index contributed by atoms with van der Waals surface area (Å²) in [5.41, 5.74) is 2.47. The van der Waals surface area contributed by atoms with Crippen LogP contribution in [-0.2, 0) is 0 Å². The van der Waals surface area contributed by atoms with Crippen LogP contribution in [0.3, 0.4) is 0 Å². The van der Waals surface area contributed by atoms with Gasteiger partial charge in [-0.3, -0.25) is 0 Å². The highest BCUT2D eigenvalue weighted by molar-refractivity contribution is 7.99. The molecule has 0 bridgehead atoms. The van der Waals surface area contributed by atoms with Crippen molar-refractivity contribution < 1.29 is 0 Å². The lowest BCUT2D eigenvalue weighted by Crippen LogP contribution is -1.78. The molecule has 1 heteroatoms. The fourth-order valence-electron chi connectivity index (χ4n) is 1.92. The maximum absolute atomic E-state index is 3.04. The predicted molar refractivity (Wildman–Crippen MR) is 81.3 cm³/mol. The van der Waals surface area contributed by atoms with Gasteiger partial charge in [0.05, 0.1) is 0 Å². The van der Waals surface area contributed by atoms with Crippen molar-refractivity contribution in [3.8, 4) is 11.1 Å². The molecule has 0 aliphatic rings. The van der Waals surface area contributed by atoms with Crippen LogP contribution in [0.25, 0.3) is 11.1 Å². The average Bonchev–Trinajstić information content (AvgIpc) is 2.50. The van der Waals surface area contributed by atoms with E-state index >= 15 is 0 Å². The van der Waals surface area contributed by atoms with Crippen LogP contribution in [0, 0.1) is 6.07 Å². The Labute approximate surface area is 118 Å². The standard InChI is InChI=1S/C18H13S/c1-3-7-15(8-4-1)16-11-13-18(14-12-16)19-17-9-5-2-6-10-17/h2-14H. The summed E-state index contributed by atoms with van der Waals surface area (Å²) < 4.78 is 0. The van der Waals surface area contributed by atoms with Crippen LogP contribution in [0.4, 0.5) is 0 Å². The smallest absolute Gasteiger partial charge is 0.0122 e. The molecule has 91 valence electrons. The van der Waals surface area contributed by atoms with Gasteiger partial charge < -0.3 is 0 Å². The molecule has 0 saturated heterocycles. The molecule has 0 heterocycles. The molecule has 0 aliphatic carbocycles. The molecular weight excluding hydrogens is 248 g/mol. The molecule has 1 radical (unpaired) electrons. The van der Waals surface area contributed by atoms with Crippen molar-refractivity contribution in [1.29, 1.82) is 0 Å². The molecule has 0 aliphatic heterocycles. The van der Waals surface area contributed by atoms with Crippen LogP contribution in [0.5, 0.6) is 0 Å². The van der Waals surface area contributed by atoms with E-state index in [-0.39, 0.29) is 0 Å². The van der Waals surface area contributed by atoms with E-state index in [0.717, 1.165) is 0 Å². The predicted octanol–water partition coefficient (Wildman–Crippen LogP) is 5.30. The highest BCUT2D eigenvalue weighted by Crippen LogP contribution is 2.29. The SMILES string of the molecule is [c]1ccc(-c2ccc(Sc3ccccc3)cc2)cc1. The van der Waals surface area contributed by atoms with Crippen molar-refractivity contribution in [2.45, 2.75) is 9.79 Å². The van der Waals surface area contributed by atoms with E-state index in [1.807, 2.05) is 18.2 Å². The maximum Gasteiger partial charge on any atom is 0.0122 e. The minimum atomic E-state index is 1.23. The monoisotopic (exact) mass is 261 g/mol. The van der Waals surface area contributed by atoms with Gasteiger partial charge in [-0.1, -0.05) is 66.4 Å². The Bertz CT molecular complexity index is 628. The van der Waals surface area contributed by atoms with Gasteiger partial charge in [-0.05, 0) is 41.5 Å². The van der Waals surface area contributed by atoms with Crippen LogP contribution in [0.1, 0.15) is 0 Å². The molecule has 3 aromatic rings. The van der Waals surface area contributed by atoms with Gasteiger partial charge in [0.25, 0.3) is 0 Å². The fraction of sp³-hybridized carbons (Fsp3) is 0. The zero-order valence-electron chi connectivity index (χ0n) is 10.4. The summed E-state index contributed by atoms with van der Waals surface area (Å²) in [6, 6.07) is 30.2. The van der Waals surface area contributed by atoms with Crippen molar-refractivity contribution in [3.05, 3.63) is 84.9 Å². The van der Waals surface area contributed by atoms with E-state index in [4.69, 9.17) is 0 Å². The van der Waals surface area contributed by atoms with E-state index in [1.165, 1.54) is 20.9 Å². The van der Waals surface area contributed by atoms with Crippen molar-refractivity contribution in [1.82, 2.24) is 0 Å². The van der Waals surface area contributed by atoms with Crippen molar-refractivity contribution in [3.63, 3.8) is 0 Å².